The van der Waals surface area contributed by atoms with Crippen LogP contribution in [0.15, 0.2) is 30.5 Å². The van der Waals surface area contributed by atoms with E-state index in [0.717, 1.165) is 22.0 Å². The Balaban J connectivity index is 1.37. The third-order valence-corrected chi connectivity index (χ3v) is 6.83. The standard InChI is InChI=1S/C24H24F4N6O2/c1-13-4-5-18-16(7-13)22(14-10-32(11-14)23(36)15-8-20(29)30-9-17(15)25)31-34(18)12-21(35)33-6-2-3-19(33)24(26,27)28/h4-5,7-9,14,19H,2-3,6,10-12H2,1H3,(H2,29,30)/t19-/m0/s1. The van der Waals surface area contributed by atoms with Crippen molar-refractivity contribution in [2.45, 2.75) is 44.4 Å². The van der Waals surface area contributed by atoms with Crippen LogP contribution >= 0.6 is 0 Å². The van der Waals surface area contributed by atoms with Gasteiger partial charge in [0.1, 0.15) is 18.4 Å². The first-order chi connectivity index (χ1) is 17.0. The Labute approximate surface area is 203 Å². The molecule has 2 saturated heterocycles. The third kappa shape index (κ3) is 4.24. The molecular weight excluding hydrogens is 480 g/mol. The van der Waals surface area contributed by atoms with Gasteiger partial charge in [0, 0.05) is 30.9 Å². The number of pyridine rings is 1. The maximum Gasteiger partial charge on any atom is 0.408 e. The zero-order valence-electron chi connectivity index (χ0n) is 19.4. The van der Waals surface area contributed by atoms with Crippen LogP contribution in [0.4, 0.5) is 23.4 Å². The summed E-state index contributed by atoms with van der Waals surface area (Å²) in [4.78, 5) is 31.6. The van der Waals surface area contributed by atoms with Crippen LogP contribution in [0.5, 0.6) is 0 Å². The Kier molecular flexibility index (Phi) is 5.84. The Morgan fingerprint density at radius 3 is 2.67 bits per heavy atom. The largest absolute Gasteiger partial charge is 0.408 e. The van der Waals surface area contributed by atoms with E-state index in [1.807, 2.05) is 19.1 Å². The number of rotatable bonds is 4. The molecule has 3 aromatic rings. The molecule has 1 aromatic carbocycles. The number of nitrogen functional groups attached to an aromatic ring is 1. The number of aryl methyl sites for hydroxylation is 1. The molecule has 4 heterocycles. The van der Waals surface area contributed by atoms with E-state index in [1.165, 1.54) is 15.6 Å². The summed E-state index contributed by atoms with van der Waals surface area (Å²) in [5.74, 6) is -2.05. The lowest BCUT2D eigenvalue weighted by Gasteiger charge is -2.38. The molecule has 190 valence electrons. The van der Waals surface area contributed by atoms with Gasteiger partial charge in [-0.1, -0.05) is 11.6 Å². The number of carbonyl (C=O) groups excluding carboxylic acids is 2. The van der Waals surface area contributed by atoms with Gasteiger partial charge < -0.3 is 15.5 Å². The van der Waals surface area contributed by atoms with E-state index in [1.54, 1.807) is 6.07 Å². The predicted octanol–water partition coefficient (Wildman–Crippen LogP) is 3.25. The molecule has 0 bridgehead atoms. The van der Waals surface area contributed by atoms with E-state index in [0.29, 0.717) is 17.6 Å². The van der Waals surface area contributed by atoms with Crippen LogP contribution in [-0.4, -0.2) is 68.2 Å². The first-order valence-electron chi connectivity index (χ1n) is 11.6. The van der Waals surface area contributed by atoms with Gasteiger partial charge in [-0.3, -0.25) is 14.3 Å². The van der Waals surface area contributed by atoms with E-state index >= 15 is 0 Å². The minimum absolute atomic E-state index is 0.0347. The Morgan fingerprint density at radius 2 is 1.94 bits per heavy atom. The van der Waals surface area contributed by atoms with Crippen LogP contribution in [0.3, 0.4) is 0 Å². The Hall–Kier alpha value is -3.70. The van der Waals surface area contributed by atoms with Crippen molar-refractivity contribution in [3.63, 3.8) is 0 Å². The first kappa shape index (κ1) is 24.0. The van der Waals surface area contributed by atoms with Gasteiger partial charge in [-0.15, -0.1) is 0 Å². The normalized spacial score (nSPS) is 18.6. The number of amides is 2. The summed E-state index contributed by atoms with van der Waals surface area (Å²) in [6, 6.07) is 4.95. The van der Waals surface area contributed by atoms with E-state index in [2.05, 4.69) is 10.1 Å². The van der Waals surface area contributed by atoms with Crippen LogP contribution in [0.25, 0.3) is 10.9 Å². The smallest absolute Gasteiger partial charge is 0.384 e. The van der Waals surface area contributed by atoms with E-state index < -0.39 is 29.8 Å². The molecule has 0 saturated carbocycles. The van der Waals surface area contributed by atoms with Crippen molar-refractivity contribution in [3.05, 3.63) is 53.1 Å². The fourth-order valence-electron chi connectivity index (χ4n) is 4.97. The van der Waals surface area contributed by atoms with Crippen LogP contribution < -0.4 is 5.73 Å². The highest BCUT2D eigenvalue weighted by atomic mass is 19.4. The van der Waals surface area contributed by atoms with E-state index in [-0.39, 0.29) is 49.9 Å². The third-order valence-electron chi connectivity index (χ3n) is 6.83. The lowest BCUT2D eigenvalue weighted by atomic mass is 9.92. The fourth-order valence-corrected chi connectivity index (χ4v) is 4.97. The molecule has 1 atom stereocenters. The number of hydrogen-bond acceptors (Lipinski definition) is 5. The molecule has 0 spiro atoms. The van der Waals surface area contributed by atoms with Gasteiger partial charge in [0.2, 0.25) is 5.91 Å². The van der Waals surface area contributed by atoms with Gasteiger partial charge in [0.05, 0.1) is 23.0 Å². The number of nitrogens with zero attached hydrogens (tertiary/aromatic N) is 5. The molecule has 12 heteroatoms. The number of nitrogens with two attached hydrogens (primary N) is 1. The van der Waals surface area contributed by atoms with Crippen molar-refractivity contribution in [1.29, 1.82) is 0 Å². The average Bonchev–Trinajstić information content (AvgIpc) is 3.40. The summed E-state index contributed by atoms with van der Waals surface area (Å²) >= 11 is 0. The summed E-state index contributed by atoms with van der Waals surface area (Å²) < 4.78 is 55.6. The summed E-state index contributed by atoms with van der Waals surface area (Å²) in [6.07, 6.45) is -3.37. The number of alkyl halides is 3. The SMILES string of the molecule is Cc1ccc2c(c1)c(C1CN(C(=O)c3cc(N)ncc3F)C1)nn2CC(=O)N1CCC[C@H]1C(F)(F)F. The van der Waals surface area contributed by atoms with Crippen molar-refractivity contribution < 1.29 is 27.2 Å². The second-order valence-electron chi connectivity index (χ2n) is 9.35. The van der Waals surface area contributed by atoms with Gasteiger partial charge in [0.25, 0.3) is 5.91 Å². The number of halogens is 4. The molecule has 0 radical (unpaired) electrons. The topological polar surface area (TPSA) is 97.3 Å². The molecule has 5 rings (SSSR count). The molecule has 2 amide bonds. The highest BCUT2D eigenvalue weighted by molar-refractivity contribution is 5.96. The first-order valence-corrected chi connectivity index (χ1v) is 11.6. The summed E-state index contributed by atoms with van der Waals surface area (Å²) in [7, 11) is 0. The average molecular weight is 504 g/mol. The van der Waals surface area contributed by atoms with Crippen LogP contribution in [0.1, 0.15) is 40.4 Å². The van der Waals surface area contributed by atoms with Crippen molar-refractivity contribution in [1.82, 2.24) is 24.6 Å². The van der Waals surface area contributed by atoms with Gasteiger partial charge in [-0.05, 0) is 38.0 Å². The Morgan fingerprint density at radius 1 is 1.19 bits per heavy atom. The lowest BCUT2D eigenvalue weighted by molar-refractivity contribution is -0.183. The number of aromatic nitrogens is 3. The molecule has 2 N–H and O–H groups in total. The highest BCUT2D eigenvalue weighted by Gasteiger charge is 2.47. The highest BCUT2D eigenvalue weighted by Crippen LogP contribution is 2.35. The zero-order chi connectivity index (χ0) is 25.8. The minimum atomic E-state index is -4.47. The van der Waals surface area contributed by atoms with Gasteiger partial charge in [0.15, 0.2) is 5.82 Å². The maximum atomic E-state index is 14.1. The van der Waals surface area contributed by atoms with Crippen molar-refractivity contribution in [2.24, 2.45) is 0 Å². The second-order valence-corrected chi connectivity index (χ2v) is 9.35. The predicted molar refractivity (Wildman–Crippen MR) is 123 cm³/mol. The number of hydrogen-bond donors (Lipinski definition) is 1. The molecular formula is C24H24F4N6O2. The summed E-state index contributed by atoms with van der Waals surface area (Å²) in [6.45, 7) is 2.19. The molecule has 0 unspecified atom stereocenters. The maximum absolute atomic E-state index is 14.1. The zero-order valence-corrected chi connectivity index (χ0v) is 19.4. The molecule has 2 fully saturated rings. The summed E-state index contributed by atoms with van der Waals surface area (Å²) in [5, 5.41) is 5.37. The number of fused-ring (bicyclic) bond motifs is 1. The fraction of sp³-hybridized carbons (Fsp3) is 0.417. The number of likely N-dealkylation sites (tertiary alicyclic amines) is 2. The minimum Gasteiger partial charge on any atom is -0.384 e. The molecule has 0 aliphatic carbocycles. The second kappa shape index (κ2) is 8.75. The molecule has 8 nitrogen and oxygen atoms in total. The van der Waals surface area contributed by atoms with Crippen LogP contribution in [0.2, 0.25) is 0 Å². The van der Waals surface area contributed by atoms with Gasteiger partial charge in [-0.2, -0.15) is 18.3 Å². The molecule has 2 aliphatic rings. The number of benzene rings is 1. The van der Waals surface area contributed by atoms with Crippen molar-refractivity contribution in [3.8, 4) is 0 Å². The lowest BCUT2D eigenvalue weighted by Crippen LogP contribution is -2.49. The van der Waals surface area contributed by atoms with E-state index in [4.69, 9.17) is 5.73 Å². The quantitative estimate of drug-likeness (QED) is 0.551. The number of anilines is 1. The van der Waals surface area contributed by atoms with Crippen LogP contribution in [0, 0.1) is 12.7 Å². The Bertz CT molecular complexity index is 1350. The van der Waals surface area contributed by atoms with Crippen molar-refractivity contribution >= 4 is 28.5 Å². The van der Waals surface area contributed by atoms with E-state index in [9.17, 15) is 27.2 Å². The molecule has 36 heavy (non-hydrogen) atoms. The van der Waals surface area contributed by atoms with Crippen molar-refractivity contribution in [2.75, 3.05) is 25.4 Å². The number of carbonyl (C=O) groups is 2. The molecule has 2 aliphatic heterocycles. The monoisotopic (exact) mass is 504 g/mol. The van der Waals surface area contributed by atoms with Gasteiger partial charge in [-0.25, -0.2) is 9.37 Å². The van der Waals surface area contributed by atoms with Gasteiger partial charge >= 0.3 is 6.18 Å². The van der Waals surface area contributed by atoms with Crippen LogP contribution in [-0.2, 0) is 11.3 Å². The summed E-state index contributed by atoms with van der Waals surface area (Å²) in [5.41, 5.74) is 7.65. The molecule has 2 aromatic heterocycles.